The van der Waals surface area contributed by atoms with Crippen LogP contribution in [-0.4, -0.2) is 20.7 Å². The summed E-state index contributed by atoms with van der Waals surface area (Å²) in [4.78, 5) is 0.758. The predicted molar refractivity (Wildman–Crippen MR) is 62.1 cm³/mol. The number of nitrogen functional groups attached to an aromatic ring is 1. The van der Waals surface area contributed by atoms with E-state index in [1.165, 1.54) is 11.3 Å². The highest BCUT2D eigenvalue weighted by Crippen LogP contribution is 2.29. The number of hydrogen-bond acceptors (Lipinski definition) is 5. The van der Waals surface area contributed by atoms with Crippen molar-refractivity contribution in [1.29, 1.82) is 0 Å². The molecular formula is C9H9N3OS2. The van der Waals surface area contributed by atoms with Gasteiger partial charge in [-0.2, -0.15) is 0 Å². The number of nitrogens with zero attached hydrogens (tertiary/aromatic N) is 2. The Balaban J connectivity index is 2.57. The van der Waals surface area contributed by atoms with Gasteiger partial charge in [0.2, 0.25) is 5.13 Å². The predicted octanol–water partition coefficient (Wildman–Crippen LogP) is 1.52. The van der Waals surface area contributed by atoms with Crippen LogP contribution in [0.4, 0.5) is 5.13 Å². The minimum Gasteiger partial charge on any atom is -0.374 e. The first kappa shape index (κ1) is 10.3. The second-order valence-electron chi connectivity index (χ2n) is 2.90. The fraction of sp³-hybridized carbons (Fsp3) is 0.111. The molecule has 15 heavy (non-hydrogen) atoms. The molecule has 0 fully saturated rings. The molecule has 2 N–H and O–H groups in total. The molecule has 0 saturated heterocycles. The second-order valence-corrected chi connectivity index (χ2v) is 5.25. The van der Waals surface area contributed by atoms with Crippen LogP contribution in [0.25, 0.3) is 10.6 Å². The molecule has 2 aromatic rings. The number of aromatic nitrogens is 2. The van der Waals surface area contributed by atoms with Crippen molar-refractivity contribution in [3.63, 3.8) is 0 Å². The van der Waals surface area contributed by atoms with Gasteiger partial charge in [-0.15, -0.1) is 10.2 Å². The summed E-state index contributed by atoms with van der Waals surface area (Å²) in [6.45, 7) is 0. The average Bonchev–Trinajstić information content (AvgIpc) is 2.65. The van der Waals surface area contributed by atoms with Crippen LogP contribution in [0.2, 0.25) is 0 Å². The van der Waals surface area contributed by atoms with Crippen LogP contribution in [0.15, 0.2) is 29.2 Å². The van der Waals surface area contributed by atoms with E-state index in [-0.39, 0.29) is 0 Å². The Hall–Kier alpha value is -1.27. The third kappa shape index (κ3) is 2.05. The highest BCUT2D eigenvalue weighted by Gasteiger charge is 2.11. The summed E-state index contributed by atoms with van der Waals surface area (Å²) in [5.41, 5.74) is 6.35. The first-order valence-corrected chi connectivity index (χ1v) is 6.58. The Morgan fingerprint density at radius 3 is 2.67 bits per heavy atom. The smallest absolute Gasteiger partial charge is 0.203 e. The highest BCUT2D eigenvalue weighted by atomic mass is 32.2. The fourth-order valence-electron chi connectivity index (χ4n) is 1.24. The van der Waals surface area contributed by atoms with Crippen LogP contribution in [0.1, 0.15) is 0 Å². The third-order valence-corrected chi connectivity index (χ3v) is 3.63. The quantitative estimate of drug-likeness (QED) is 0.862. The molecule has 0 bridgehead atoms. The lowest BCUT2D eigenvalue weighted by molar-refractivity contribution is 0.687. The maximum atomic E-state index is 11.5. The zero-order valence-corrected chi connectivity index (χ0v) is 9.64. The molecule has 78 valence electrons. The van der Waals surface area contributed by atoms with Gasteiger partial charge >= 0.3 is 0 Å². The maximum Gasteiger partial charge on any atom is 0.203 e. The van der Waals surface area contributed by atoms with Gasteiger partial charge in [0.1, 0.15) is 0 Å². The highest BCUT2D eigenvalue weighted by molar-refractivity contribution is 7.84. The average molecular weight is 239 g/mol. The minimum absolute atomic E-state index is 0.418. The van der Waals surface area contributed by atoms with E-state index in [9.17, 15) is 4.21 Å². The van der Waals surface area contributed by atoms with E-state index < -0.39 is 10.8 Å². The van der Waals surface area contributed by atoms with Crippen molar-refractivity contribution in [2.75, 3.05) is 12.0 Å². The Kier molecular flexibility index (Phi) is 2.79. The van der Waals surface area contributed by atoms with Crippen LogP contribution in [0.3, 0.4) is 0 Å². The third-order valence-electron chi connectivity index (χ3n) is 1.87. The molecule has 1 heterocycles. The monoisotopic (exact) mass is 239 g/mol. The number of anilines is 1. The summed E-state index contributed by atoms with van der Waals surface area (Å²) in [6, 6.07) is 7.42. The largest absolute Gasteiger partial charge is 0.374 e. The van der Waals surface area contributed by atoms with Gasteiger partial charge in [-0.3, -0.25) is 4.21 Å². The number of nitrogens with two attached hydrogens (primary N) is 1. The van der Waals surface area contributed by atoms with Crippen molar-refractivity contribution >= 4 is 27.3 Å². The van der Waals surface area contributed by atoms with E-state index in [0.717, 1.165) is 10.5 Å². The number of hydrogen-bond donors (Lipinski definition) is 1. The molecule has 0 radical (unpaired) electrons. The molecule has 1 aromatic carbocycles. The molecule has 0 saturated carbocycles. The van der Waals surface area contributed by atoms with Gasteiger partial charge in [-0.25, -0.2) is 0 Å². The van der Waals surface area contributed by atoms with Crippen molar-refractivity contribution in [3.8, 4) is 10.6 Å². The van der Waals surface area contributed by atoms with E-state index in [1.54, 1.807) is 6.26 Å². The van der Waals surface area contributed by atoms with E-state index in [1.807, 2.05) is 24.3 Å². The number of benzene rings is 1. The summed E-state index contributed by atoms with van der Waals surface area (Å²) >= 11 is 1.29. The van der Waals surface area contributed by atoms with Gasteiger partial charge in [-0.05, 0) is 6.07 Å². The van der Waals surface area contributed by atoms with Crippen LogP contribution >= 0.6 is 11.3 Å². The topological polar surface area (TPSA) is 68.9 Å². The van der Waals surface area contributed by atoms with Crippen LogP contribution in [0, 0.1) is 0 Å². The van der Waals surface area contributed by atoms with Crippen molar-refractivity contribution in [3.05, 3.63) is 24.3 Å². The van der Waals surface area contributed by atoms with E-state index in [2.05, 4.69) is 10.2 Å². The van der Waals surface area contributed by atoms with E-state index in [4.69, 9.17) is 5.73 Å². The first-order chi connectivity index (χ1) is 7.18. The van der Waals surface area contributed by atoms with E-state index >= 15 is 0 Å². The van der Waals surface area contributed by atoms with Gasteiger partial charge in [-0.1, -0.05) is 29.5 Å². The molecular weight excluding hydrogens is 230 g/mol. The Bertz CT molecular complexity index is 510. The molecule has 6 heteroatoms. The lowest BCUT2D eigenvalue weighted by atomic mass is 10.2. The summed E-state index contributed by atoms with van der Waals surface area (Å²) in [7, 11) is -1.03. The van der Waals surface area contributed by atoms with Crippen LogP contribution in [-0.2, 0) is 10.8 Å². The zero-order valence-electron chi connectivity index (χ0n) is 8.01. The molecule has 2 rings (SSSR count). The van der Waals surface area contributed by atoms with Gasteiger partial charge in [0.15, 0.2) is 5.01 Å². The summed E-state index contributed by atoms with van der Waals surface area (Å²) < 4.78 is 11.5. The van der Waals surface area contributed by atoms with Gasteiger partial charge in [0.25, 0.3) is 0 Å². The standard InChI is InChI=1S/C9H9N3OS2/c1-15(13)7-5-3-2-4-6(7)8-11-12-9(10)14-8/h2-5H,1H3,(H2,10,12). The first-order valence-electron chi connectivity index (χ1n) is 4.20. The van der Waals surface area contributed by atoms with Crippen molar-refractivity contribution in [2.24, 2.45) is 0 Å². The molecule has 0 aliphatic rings. The number of rotatable bonds is 2. The zero-order chi connectivity index (χ0) is 10.8. The molecule has 1 aromatic heterocycles. The SMILES string of the molecule is CS(=O)c1ccccc1-c1nnc(N)s1. The minimum atomic E-state index is -1.03. The summed E-state index contributed by atoms with van der Waals surface area (Å²) in [5.74, 6) is 0. The lowest BCUT2D eigenvalue weighted by Gasteiger charge is -2.01. The summed E-state index contributed by atoms with van der Waals surface area (Å²) in [6.07, 6.45) is 1.64. The van der Waals surface area contributed by atoms with Crippen LogP contribution < -0.4 is 5.73 Å². The second kappa shape index (κ2) is 4.08. The van der Waals surface area contributed by atoms with Gasteiger partial charge in [0, 0.05) is 16.7 Å². The maximum absolute atomic E-state index is 11.5. The molecule has 0 spiro atoms. The Labute approximate surface area is 93.6 Å². The van der Waals surface area contributed by atoms with Crippen molar-refractivity contribution < 1.29 is 4.21 Å². The van der Waals surface area contributed by atoms with Crippen molar-refractivity contribution in [1.82, 2.24) is 10.2 Å². The van der Waals surface area contributed by atoms with Crippen molar-refractivity contribution in [2.45, 2.75) is 4.90 Å². The van der Waals surface area contributed by atoms with Crippen LogP contribution in [0.5, 0.6) is 0 Å². The van der Waals surface area contributed by atoms with E-state index in [0.29, 0.717) is 10.1 Å². The van der Waals surface area contributed by atoms with Gasteiger partial charge in [0.05, 0.1) is 10.8 Å². The molecule has 0 amide bonds. The molecule has 4 nitrogen and oxygen atoms in total. The Morgan fingerprint density at radius 1 is 1.33 bits per heavy atom. The Morgan fingerprint density at radius 2 is 2.07 bits per heavy atom. The molecule has 0 aliphatic heterocycles. The summed E-state index contributed by atoms with van der Waals surface area (Å²) in [5, 5.41) is 8.80. The lowest BCUT2D eigenvalue weighted by Crippen LogP contribution is -1.91. The molecule has 1 unspecified atom stereocenters. The molecule has 0 aliphatic carbocycles. The molecule has 1 atom stereocenters. The normalized spacial score (nSPS) is 12.6. The fourth-order valence-corrected chi connectivity index (χ4v) is 2.70. The van der Waals surface area contributed by atoms with Gasteiger partial charge < -0.3 is 5.73 Å².